The van der Waals surface area contributed by atoms with Gasteiger partial charge in [-0.25, -0.2) is 0 Å². The summed E-state index contributed by atoms with van der Waals surface area (Å²) >= 11 is 0. The molecular weight excluding hydrogens is 212 g/mol. The maximum Gasteiger partial charge on any atom is 0.140 e. The first kappa shape index (κ1) is 14.1. The van der Waals surface area contributed by atoms with Crippen LogP contribution in [0.25, 0.3) is 0 Å². The predicted octanol–water partition coefficient (Wildman–Crippen LogP) is 3.55. The second-order valence-electron chi connectivity index (χ2n) is 5.69. The number of rotatable bonds is 1. The van der Waals surface area contributed by atoms with Gasteiger partial charge in [0.1, 0.15) is 11.6 Å². The van der Waals surface area contributed by atoms with Crippen molar-refractivity contribution in [2.75, 3.05) is 0 Å². The van der Waals surface area contributed by atoms with E-state index in [1.165, 1.54) is 0 Å². The van der Waals surface area contributed by atoms with Gasteiger partial charge in [0.2, 0.25) is 0 Å². The molecule has 1 aliphatic rings. The van der Waals surface area contributed by atoms with E-state index in [1.54, 1.807) is 0 Å². The van der Waals surface area contributed by atoms with Crippen LogP contribution in [0.5, 0.6) is 0 Å². The number of ketones is 2. The lowest BCUT2D eigenvalue weighted by molar-refractivity contribution is -0.130. The highest BCUT2D eigenvalue weighted by Crippen LogP contribution is 2.25. The molecule has 0 heterocycles. The van der Waals surface area contributed by atoms with Crippen molar-refractivity contribution in [1.82, 2.24) is 0 Å². The van der Waals surface area contributed by atoms with Crippen LogP contribution < -0.4 is 0 Å². The molecule has 1 aliphatic carbocycles. The predicted molar refractivity (Wildman–Crippen MR) is 69.7 cm³/mol. The van der Waals surface area contributed by atoms with Crippen LogP contribution in [0.15, 0.2) is 11.6 Å². The molecule has 0 saturated carbocycles. The number of carbonyl (C=O) groups excluding carboxylic acids is 2. The van der Waals surface area contributed by atoms with Gasteiger partial charge in [-0.15, -0.1) is 0 Å². The molecule has 2 nitrogen and oxygen atoms in total. The normalized spacial score (nSPS) is 31.2. The van der Waals surface area contributed by atoms with Crippen LogP contribution in [-0.4, -0.2) is 11.6 Å². The van der Waals surface area contributed by atoms with E-state index in [9.17, 15) is 9.59 Å². The molecule has 0 radical (unpaired) electrons. The molecule has 2 unspecified atom stereocenters. The first-order valence-electron chi connectivity index (χ1n) is 6.63. The molecule has 0 amide bonds. The molecule has 2 heteroatoms. The van der Waals surface area contributed by atoms with Gasteiger partial charge in [0.25, 0.3) is 0 Å². The first-order chi connectivity index (χ1) is 7.91. The summed E-state index contributed by atoms with van der Waals surface area (Å²) in [6.07, 6.45) is 4.90. The smallest absolute Gasteiger partial charge is 0.140 e. The molecule has 2 atom stereocenters. The summed E-state index contributed by atoms with van der Waals surface area (Å²) in [5.41, 5.74) is 1.15. The number of Topliss-reactive ketones (excluding diaryl/α,β-unsaturated/α-hetero) is 2. The molecule has 0 bridgehead atoms. The van der Waals surface area contributed by atoms with Crippen LogP contribution in [0, 0.1) is 17.8 Å². The first-order valence-corrected chi connectivity index (χ1v) is 6.63. The van der Waals surface area contributed by atoms with E-state index < -0.39 is 0 Å². The van der Waals surface area contributed by atoms with E-state index in [4.69, 9.17) is 0 Å². The SMILES string of the molecule is C/C1=C/CCC(C)C(=O)CC(C(C)C)C(=O)C1. The molecule has 0 aromatic rings. The maximum atomic E-state index is 12.1. The molecule has 0 aromatic heterocycles. The summed E-state index contributed by atoms with van der Waals surface area (Å²) in [6, 6.07) is 0. The summed E-state index contributed by atoms with van der Waals surface area (Å²) in [5, 5.41) is 0. The minimum Gasteiger partial charge on any atom is -0.299 e. The van der Waals surface area contributed by atoms with Gasteiger partial charge in [-0.05, 0) is 25.7 Å². The Kier molecular flexibility index (Phi) is 5.10. The molecule has 0 aromatic carbocycles. The van der Waals surface area contributed by atoms with Crippen LogP contribution in [0.4, 0.5) is 0 Å². The zero-order chi connectivity index (χ0) is 13.0. The summed E-state index contributed by atoms with van der Waals surface area (Å²) in [5.74, 6) is 0.740. The number of hydrogen-bond acceptors (Lipinski definition) is 2. The van der Waals surface area contributed by atoms with Crippen molar-refractivity contribution in [2.45, 2.75) is 53.4 Å². The van der Waals surface area contributed by atoms with Crippen molar-refractivity contribution in [3.8, 4) is 0 Å². The maximum absolute atomic E-state index is 12.1. The Morgan fingerprint density at radius 2 is 1.88 bits per heavy atom. The molecule has 17 heavy (non-hydrogen) atoms. The van der Waals surface area contributed by atoms with Gasteiger partial charge in [-0.3, -0.25) is 9.59 Å². The van der Waals surface area contributed by atoms with Crippen molar-refractivity contribution < 1.29 is 9.59 Å². The highest BCUT2D eigenvalue weighted by Gasteiger charge is 2.27. The Balaban J connectivity index is 2.90. The molecule has 0 N–H and O–H groups in total. The van der Waals surface area contributed by atoms with Crippen molar-refractivity contribution >= 4 is 11.6 Å². The lowest BCUT2D eigenvalue weighted by atomic mass is 9.81. The van der Waals surface area contributed by atoms with Crippen LogP contribution in [0.2, 0.25) is 0 Å². The minimum atomic E-state index is -0.0913. The quantitative estimate of drug-likeness (QED) is 0.652. The molecule has 1 rings (SSSR count). The molecule has 96 valence electrons. The van der Waals surface area contributed by atoms with Crippen LogP contribution in [-0.2, 0) is 9.59 Å². The Morgan fingerprint density at radius 1 is 1.24 bits per heavy atom. The number of allylic oxidation sites excluding steroid dienone is 2. The number of hydrogen-bond donors (Lipinski definition) is 0. The average Bonchev–Trinajstić information content (AvgIpc) is 2.23. The van der Waals surface area contributed by atoms with E-state index in [0.29, 0.717) is 12.8 Å². The van der Waals surface area contributed by atoms with Gasteiger partial charge < -0.3 is 0 Å². The Labute approximate surface area is 104 Å². The third-order valence-electron chi connectivity index (χ3n) is 3.73. The second kappa shape index (κ2) is 6.13. The van der Waals surface area contributed by atoms with Crippen molar-refractivity contribution in [3.05, 3.63) is 11.6 Å². The van der Waals surface area contributed by atoms with Gasteiger partial charge in [0.15, 0.2) is 0 Å². The highest BCUT2D eigenvalue weighted by atomic mass is 16.1. The molecule has 0 aliphatic heterocycles. The van der Waals surface area contributed by atoms with Crippen molar-refractivity contribution in [1.29, 1.82) is 0 Å². The molecule has 0 fully saturated rings. The Bertz CT molecular complexity index is 326. The fourth-order valence-electron chi connectivity index (χ4n) is 2.36. The Morgan fingerprint density at radius 3 is 2.47 bits per heavy atom. The second-order valence-corrected chi connectivity index (χ2v) is 5.69. The summed E-state index contributed by atoms with van der Waals surface area (Å²) in [6.45, 7) is 8.06. The van der Waals surface area contributed by atoms with E-state index in [0.717, 1.165) is 18.4 Å². The van der Waals surface area contributed by atoms with Gasteiger partial charge in [-0.1, -0.05) is 32.4 Å². The van der Waals surface area contributed by atoms with Crippen molar-refractivity contribution in [2.24, 2.45) is 17.8 Å². The summed E-state index contributed by atoms with van der Waals surface area (Å²) in [7, 11) is 0. The van der Waals surface area contributed by atoms with E-state index >= 15 is 0 Å². The lowest BCUT2D eigenvalue weighted by Gasteiger charge is -2.22. The average molecular weight is 236 g/mol. The molecule has 0 spiro atoms. The largest absolute Gasteiger partial charge is 0.299 e. The van der Waals surface area contributed by atoms with Crippen molar-refractivity contribution in [3.63, 3.8) is 0 Å². The monoisotopic (exact) mass is 236 g/mol. The zero-order valence-electron chi connectivity index (χ0n) is 11.5. The van der Waals surface area contributed by atoms with E-state index in [-0.39, 0.29) is 29.3 Å². The standard InChI is InChI=1S/C15H24O2/c1-10(2)13-9-14(16)12(4)7-5-6-11(3)8-15(13)17/h6,10,12-13H,5,7-9H2,1-4H3/b11-6-. The van der Waals surface area contributed by atoms with Gasteiger partial charge in [0.05, 0.1) is 0 Å². The molecular formula is C15H24O2. The lowest BCUT2D eigenvalue weighted by Crippen LogP contribution is -2.26. The highest BCUT2D eigenvalue weighted by molar-refractivity contribution is 5.90. The van der Waals surface area contributed by atoms with Crippen LogP contribution >= 0.6 is 0 Å². The van der Waals surface area contributed by atoms with Crippen LogP contribution in [0.3, 0.4) is 0 Å². The third-order valence-corrected chi connectivity index (χ3v) is 3.73. The number of carbonyl (C=O) groups is 2. The van der Waals surface area contributed by atoms with Gasteiger partial charge in [0, 0.05) is 24.7 Å². The molecule has 0 saturated heterocycles. The third kappa shape index (κ3) is 4.10. The minimum absolute atomic E-state index is 0.0891. The van der Waals surface area contributed by atoms with E-state index in [1.807, 2.05) is 27.7 Å². The topological polar surface area (TPSA) is 34.1 Å². The fraction of sp³-hybridized carbons (Fsp3) is 0.733. The zero-order valence-corrected chi connectivity index (χ0v) is 11.5. The van der Waals surface area contributed by atoms with Gasteiger partial charge in [-0.2, -0.15) is 0 Å². The Hall–Kier alpha value is -0.920. The van der Waals surface area contributed by atoms with Gasteiger partial charge >= 0.3 is 0 Å². The van der Waals surface area contributed by atoms with E-state index in [2.05, 4.69) is 6.08 Å². The fourth-order valence-corrected chi connectivity index (χ4v) is 2.36. The summed E-state index contributed by atoms with van der Waals surface area (Å²) in [4.78, 5) is 24.1. The van der Waals surface area contributed by atoms with Crippen LogP contribution in [0.1, 0.15) is 53.4 Å². The summed E-state index contributed by atoms with van der Waals surface area (Å²) < 4.78 is 0.